The van der Waals surface area contributed by atoms with E-state index in [1.54, 1.807) is 13.2 Å². The quantitative estimate of drug-likeness (QED) is 0.304. The summed E-state index contributed by atoms with van der Waals surface area (Å²) in [6, 6.07) is 10.2. The zero-order valence-electron chi connectivity index (χ0n) is 15.6. The number of nitrogens with zero attached hydrogens (tertiary/aromatic N) is 1. The summed E-state index contributed by atoms with van der Waals surface area (Å²) in [5, 5.41) is 3.50. The number of amides is 2. The van der Waals surface area contributed by atoms with Gasteiger partial charge in [0, 0.05) is 13.0 Å². The van der Waals surface area contributed by atoms with Gasteiger partial charge in [0.15, 0.2) is 0 Å². The van der Waals surface area contributed by atoms with Crippen LogP contribution in [0.15, 0.2) is 41.3 Å². The second-order valence-electron chi connectivity index (χ2n) is 6.15. The van der Waals surface area contributed by atoms with Crippen molar-refractivity contribution in [1.82, 2.24) is 4.90 Å². The van der Waals surface area contributed by atoms with E-state index in [0.717, 1.165) is 11.3 Å². The Kier molecular flexibility index (Phi) is 7.65. The van der Waals surface area contributed by atoms with Gasteiger partial charge in [-0.2, -0.15) is 0 Å². The van der Waals surface area contributed by atoms with E-state index >= 15 is 0 Å². The summed E-state index contributed by atoms with van der Waals surface area (Å²) >= 11 is 24.4. The van der Waals surface area contributed by atoms with E-state index in [1.165, 1.54) is 28.8 Å². The van der Waals surface area contributed by atoms with Crippen LogP contribution in [-0.4, -0.2) is 34.7 Å². The van der Waals surface area contributed by atoms with E-state index in [1.807, 2.05) is 24.3 Å². The molecule has 1 heterocycles. The molecule has 156 valence electrons. The van der Waals surface area contributed by atoms with E-state index < -0.39 is 0 Å². The first-order chi connectivity index (χ1) is 14.3. The van der Waals surface area contributed by atoms with Crippen molar-refractivity contribution in [2.24, 2.45) is 0 Å². The van der Waals surface area contributed by atoms with Crippen molar-refractivity contribution in [3.05, 3.63) is 61.9 Å². The summed E-state index contributed by atoms with van der Waals surface area (Å²) in [5.74, 6) is 0.164. The third-order valence-electron chi connectivity index (χ3n) is 4.13. The first-order valence-electron chi connectivity index (χ1n) is 8.62. The topological polar surface area (TPSA) is 58.6 Å². The monoisotopic (exact) mass is 500 g/mol. The SMILES string of the molecule is COc1ccc(C=C2SC(=S)N(CCC(=O)Nc3cc(Cl)c(Cl)cc3Cl)C2=O)cc1. The Morgan fingerprint density at radius 1 is 1.17 bits per heavy atom. The molecular weight excluding hydrogens is 487 g/mol. The van der Waals surface area contributed by atoms with Crippen molar-refractivity contribution in [1.29, 1.82) is 0 Å². The Hall–Kier alpha value is -1.77. The van der Waals surface area contributed by atoms with Gasteiger partial charge in [0.25, 0.3) is 5.91 Å². The molecule has 0 spiro atoms. The Morgan fingerprint density at radius 3 is 2.50 bits per heavy atom. The number of thioether (sulfide) groups is 1. The highest BCUT2D eigenvalue weighted by atomic mass is 35.5. The molecule has 0 aliphatic carbocycles. The molecule has 1 N–H and O–H groups in total. The lowest BCUT2D eigenvalue weighted by molar-refractivity contribution is -0.122. The smallest absolute Gasteiger partial charge is 0.266 e. The fraction of sp³-hybridized carbons (Fsp3) is 0.150. The molecule has 1 aliphatic rings. The Balaban J connectivity index is 1.62. The number of carbonyl (C=O) groups excluding carboxylic acids is 2. The normalized spacial score (nSPS) is 15.1. The summed E-state index contributed by atoms with van der Waals surface area (Å²) in [6.45, 7) is 0.148. The lowest BCUT2D eigenvalue weighted by atomic mass is 10.2. The van der Waals surface area contributed by atoms with Crippen LogP contribution in [0.2, 0.25) is 15.1 Å². The van der Waals surface area contributed by atoms with Crippen LogP contribution in [0.25, 0.3) is 6.08 Å². The third-order valence-corrected chi connectivity index (χ3v) is 6.55. The molecule has 3 rings (SSSR count). The van der Waals surface area contributed by atoms with E-state index in [0.29, 0.717) is 19.9 Å². The summed E-state index contributed by atoms with van der Waals surface area (Å²) in [6.07, 6.45) is 1.80. The minimum Gasteiger partial charge on any atom is -0.497 e. The van der Waals surface area contributed by atoms with E-state index in [-0.39, 0.29) is 34.8 Å². The molecular formula is C20H15Cl3N2O3S2. The van der Waals surface area contributed by atoms with Crippen molar-refractivity contribution < 1.29 is 14.3 Å². The molecule has 1 fully saturated rings. The zero-order valence-corrected chi connectivity index (χ0v) is 19.5. The lowest BCUT2D eigenvalue weighted by Gasteiger charge is -2.14. The number of rotatable bonds is 6. The number of benzene rings is 2. The summed E-state index contributed by atoms with van der Waals surface area (Å²) < 4.78 is 5.53. The summed E-state index contributed by atoms with van der Waals surface area (Å²) in [5.41, 5.74) is 1.20. The van der Waals surface area contributed by atoms with Gasteiger partial charge < -0.3 is 10.1 Å². The average Bonchev–Trinajstić information content (AvgIpc) is 2.98. The second kappa shape index (κ2) is 10.0. The Labute approximate surface area is 198 Å². The molecule has 5 nitrogen and oxygen atoms in total. The van der Waals surface area contributed by atoms with Crippen LogP contribution in [0, 0.1) is 0 Å². The van der Waals surface area contributed by atoms with Gasteiger partial charge in [0.05, 0.1) is 32.8 Å². The van der Waals surface area contributed by atoms with Crippen molar-refractivity contribution in [2.45, 2.75) is 6.42 Å². The van der Waals surface area contributed by atoms with E-state index in [2.05, 4.69) is 5.32 Å². The first-order valence-corrected chi connectivity index (χ1v) is 11.0. The van der Waals surface area contributed by atoms with Gasteiger partial charge >= 0.3 is 0 Å². The van der Waals surface area contributed by atoms with Crippen molar-refractivity contribution in [3.8, 4) is 5.75 Å². The minimum atomic E-state index is -0.330. The van der Waals surface area contributed by atoms with Gasteiger partial charge in [0.1, 0.15) is 10.1 Å². The maximum absolute atomic E-state index is 12.7. The largest absolute Gasteiger partial charge is 0.497 e. The fourth-order valence-electron chi connectivity index (χ4n) is 2.59. The number of carbonyl (C=O) groups is 2. The maximum atomic E-state index is 12.7. The predicted octanol–water partition coefficient (Wildman–Crippen LogP) is 5.89. The number of hydrogen-bond acceptors (Lipinski definition) is 5. The molecule has 2 aromatic carbocycles. The number of nitrogens with one attached hydrogen (secondary N) is 1. The number of anilines is 1. The molecule has 0 aromatic heterocycles. The number of hydrogen-bond donors (Lipinski definition) is 1. The standard InChI is InChI=1S/C20H15Cl3N2O3S2/c1-28-12-4-2-11(3-5-12)8-17-19(27)25(20(29)30-17)7-6-18(26)24-16-10-14(22)13(21)9-15(16)23/h2-5,8-10H,6-7H2,1H3,(H,24,26). The summed E-state index contributed by atoms with van der Waals surface area (Å²) in [7, 11) is 1.59. The van der Waals surface area contributed by atoms with Crippen LogP contribution in [0.1, 0.15) is 12.0 Å². The van der Waals surface area contributed by atoms with Crippen LogP contribution in [0.5, 0.6) is 5.75 Å². The highest BCUT2D eigenvalue weighted by molar-refractivity contribution is 8.26. The van der Waals surface area contributed by atoms with Crippen LogP contribution in [0.4, 0.5) is 5.69 Å². The summed E-state index contributed by atoms with van der Waals surface area (Å²) in [4.78, 5) is 26.9. The molecule has 2 amide bonds. The Bertz CT molecular complexity index is 1040. The van der Waals surface area contributed by atoms with Crippen molar-refractivity contribution in [3.63, 3.8) is 0 Å². The minimum absolute atomic E-state index is 0.0405. The van der Waals surface area contributed by atoms with Gasteiger partial charge in [-0.05, 0) is 35.9 Å². The molecule has 0 saturated carbocycles. The molecule has 30 heavy (non-hydrogen) atoms. The van der Waals surface area contributed by atoms with Crippen LogP contribution in [-0.2, 0) is 9.59 Å². The maximum Gasteiger partial charge on any atom is 0.266 e. The number of methoxy groups -OCH3 is 1. The molecule has 0 bridgehead atoms. The highest BCUT2D eigenvalue weighted by Gasteiger charge is 2.32. The van der Waals surface area contributed by atoms with Gasteiger partial charge in [-0.15, -0.1) is 0 Å². The first kappa shape index (κ1) is 22.9. The molecule has 10 heteroatoms. The second-order valence-corrected chi connectivity index (χ2v) is 9.05. The van der Waals surface area contributed by atoms with Crippen molar-refractivity contribution >= 4 is 86.7 Å². The molecule has 1 saturated heterocycles. The average molecular weight is 502 g/mol. The molecule has 0 radical (unpaired) electrons. The number of ether oxygens (including phenoxy) is 1. The van der Waals surface area contributed by atoms with Crippen molar-refractivity contribution in [2.75, 3.05) is 19.0 Å². The van der Waals surface area contributed by atoms with Crippen LogP contribution >= 0.6 is 58.8 Å². The predicted molar refractivity (Wildman–Crippen MR) is 128 cm³/mol. The Morgan fingerprint density at radius 2 is 1.83 bits per heavy atom. The van der Waals surface area contributed by atoms with E-state index in [4.69, 9.17) is 51.8 Å². The zero-order chi connectivity index (χ0) is 21.8. The van der Waals surface area contributed by atoms with Crippen LogP contribution < -0.4 is 10.1 Å². The highest BCUT2D eigenvalue weighted by Crippen LogP contribution is 2.34. The van der Waals surface area contributed by atoms with Crippen LogP contribution in [0.3, 0.4) is 0 Å². The fourth-order valence-corrected chi connectivity index (χ4v) is 4.49. The third kappa shape index (κ3) is 5.47. The number of halogens is 3. The van der Waals surface area contributed by atoms with Gasteiger partial charge in [-0.1, -0.05) is 70.9 Å². The molecule has 1 aliphatic heterocycles. The van der Waals surface area contributed by atoms with E-state index in [9.17, 15) is 9.59 Å². The van der Waals surface area contributed by atoms with Gasteiger partial charge in [0.2, 0.25) is 5.91 Å². The lowest BCUT2D eigenvalue weighted by Crippen LogP contribution is -2.31. The molecule has 0 atom stereocenters. The van der Waals surface area contributed by atoms with Gasteiger partial charge in [-0.3, -0.25) is 14.5 Å². The van der Waals surface area contributed by atoms with Gasteiger partial charge in [-0.25, -0.2) is 0 Å². The molecule has 2 aromatic rings. The number of thiocarbonyl (C=S) groups is 1. The molecule has 0 unspecified atom stereocenters.